The summed E-state index contributed by atoms with van der Waals surface area (Å²) in [7, 11) is 0. The number of likely N-dealkylation sites (N-methyl/N-ethyl adjacent to an activating group) is 1. The first kappa shape index (κ1) is 15.4. The first-order valence-corrected chi connectivity index (χ1v) is 7.07. The predicted octanol–water partition coefficient (Wildman–Crippen LogP) is 1.57. The van der Waals surface area contributed by atoms with E-state index in [0.29, 0.717) is 18.1 Å². The first-order valence-electron chi connectivity index (χ1n) is 6.67. The van der Waals surface area contributed by atoms with Crippen LogP contribution in [0.4, 0.5) is 0 Å². The van der Waals surface area contributed by atoms with Crippen molar-refractivity contribution < 1.29 is 9.53 Å². The molecule has 18 heavy (non-hydrogen) atoms. The summed E-state index contributed by atoms with van der Waals surface area (Å²) >= 11 is 5.02. The van der Waals surface area contributed by atoms with E-state index in [1.165, 1.54) is 0 Å². The Morgan fingerprint density at radius 2 is 2.22 bits per heavy atom. The molecule has 0 saturated carbocycles. The molecule has 1 fully saturated rings. The van der Waals surface area contributed by atoms with Gasteiger partial charge in [0.2, 0.25) is 5.91 Å². The average molecular weight is 272 g/mol. The Kier molecular flexibility index (Phi) is 6.02. The Balaban J connectivity index is 2.67. The molecule has 1 aliphatic heterocycles. The van der Waals surface area contributed by atoms with Crippen molar-refractivity contribution in [3.63, 3.8) is 0 Å². The van der Waals surface area contributed by atoms with Crippen LogP contribution in [0.5, 0.6) is 0 Å². The molecule has 2 N–H and O–H groups in total. The summed E-state index contributed by atoms with van der Waals surface area (Å²) < 4.78 is 5.58. The van der Waals surface area contributed by atoms with Gasteiger partial charge in [-0.1, -0.05) is 26.1 Å². The van der Waals surface area contributed by atoms with Crippen molar-refractivity contribution in [2.45, 2.75) is 39.7 Å². The van der Waals surface area contributed by atoms with Gasteiger partial charge in [-0.15, -0.1) is 0 Å². The molecule has 5 heteroatoms. The van der Waals surface area contributed by atoms with Gasteiger partial charge in [0, 0.05) is 19.7 Å². The Morgan fingerprint density at radius 1 is 1.56 bits per heavy atom. The minimum Gasteiger partial charge on any atom is -0.393 e. The van der Waals surface area contributed by atoms with Crippen LogP contribution in [-0.4, -0.2) is 41.6 Å². The number of amides is 1. The van der Waals surface area contributed by atoms with E-state index in [4.69, 9.17) is 22.7 Å². The number of nitrogens with two attached hydrogens (primary N) is 1. The molecule has 0 aromatic carbocycles. The van der Waals surface area contributed by atoms with E-state index in [1.54, 1.807) is 0 Å². The highest BCUT2D eigenvalue weighted by molar-refractivity contribution is 7.80. The zero-order valence-corrected chi connectivity index (χ0v) is 12.3. The van der Waals surface area contributed by atoms with Crippen molar-refractivity contribution in [2.75, 3.05) is 19.7 Å². The summed E-state index contributed by atoms with van der Waals surface area (Å²) in [4.78, 5) is 14.6. The van der Waals surface area contributed by atoms with E-state index < -0.39 is 0 Å². The van der Waals surface area contributed by atoms with Crippen molar-refractivity contribution >= 4 is 23.1 Å². The average Bonchev–Trinajstić information content (AvgIpc) is 2.77. The highest BCUT2D eigenvalue weighted by Crippen LogP contribution is 2.18. The van der Waals surface area contributed by atoms with Gasteiger partial charge in [-0.05, 0) is 25.7 Å². The fraction of sp³-hybridized carbons (Fsp3) is 0.846. The molecule has 1 amide bonds. The summed E-state index contributed by atoms with van der Waals surface area (Å²) in [6, 6.07) is 0. The minimum absolute atomic E-state index is 0.0375. The molecule has 4 nitrogen and oxygen atoms in total. The second-order valence-corrected chi connectivity index (χ2v) is 5.61. The molecule has 0 radical (unpaired) electrons. The van der Waals surface area contributed by atoms with Crippen LogP contribution >= 0.6 is 12.2 Å². The molecule has 0 bridgehead atoms. The van der Waals surface area contributed by atoms with Crippen LogP contribution < -0.4 is 5.73 Å². The normalized spacial score (nSPS) is 21.0. The van der Waals surface area contributed by atoms with E-state index in [-0.39, 0.29) is 23.8 Å². The Bertz CT molecular complexity index is 301. The number of thiocarbonyl (C=S) groups is 1. The third-order valence-electron chi connectivity index (χ3n) is 3.38. The third-order valence-corrected chi connectivity index (χ3v) is 3.63. The third kappa shape index (κ3) is 3.92. The van der Waals surface area contributed by atoms with Crippen molar-refractivity contribution in [1.82, 2.24) is 4.90 Å². The van der Waals surface area contributed by atoms with Gasteiger partial charge in [0.25, 0.3) is 0 Å². The van der Waals surface area contributed by atoms with Crippen molar-refractivity contribution in [2.24, 2.45) is 17.6 Å². The molecule has 2 atom stereocenters. The lowest BCUT2D eigenvalue weighted by molar-refractivity contribution is -0.135. The Morgan fingerprint density at radius 3 is 2.61 bits per heavy atom. The quantitative estimate of drug-likeness (QED) is 0.746. The summed E-state index contributed by atoms with van der Waals surface area (Å²) in [5.74, 6) is -0.189. The van der Waals surface area contributed by atoms with Gasteiger partial charge in [-0.25, -0.2) is 0 Å². The fourth-order valence-electron chi connectivity index (χ4n) is 2.34. The standard InChI is InChI=1S/C13H24N2O2S/c1-4-15(8-10-6-5-7-17-10)13(16)11(9(2)3)12(14)18/h9-11H,4-8H2,1-3H3,(H2,14,18). The molecule has 0 aromatic heterocycles. The zero-order valence-electron chi connectivity index (χ0n) is 11.5. The molecular formula is C13H24N2O2S. The molecular weight excluding hydrogens is 248 g/mol. The van der Waals surface area contributed by atoms with Crippen LogP contribution in [0.1, 0.15) is 33.6 Å². The van der Waals surface area contributed by atoms with E-state index in [0.717, 1.165) is 19.4 Å². The van der Waals surface area contributed by atoms with Gasteiger partial charge in [0.1, 0.15) is 0 Å². The maximum Gasteiger partial charge on any atom is 0.232 e. The van der Waals surface area contributed by atoms with E-state index in [1.807, 2.05) is 25.7 Å². The number of rotatable bonds is 6. The van der Waals surface area contributed by atoms with Crippen LogP contribution in [0, 0.1) is 11.8 Å². The maximum absolute atomic E-state index is 12.4. The summed E-state index contributed by atoms with van der Waals surface area (Å²) in [5.41, 5.74) is 5.69. The summed E-state index contributed by atoms with van der Waals surface area (Å²) in [5, 5.41) is 0. The number of ether oxygens (including phenoxy) is 1. The monoisotopic (exact) mass is 272 g/mol. The van der Waals surface area contributed by atoms with Crippen LogP contribution in [0.3, 0.4) is 0 Å². The van der Waals surface area contributed by atoms with Gasteiger partial charge in [0.05, 0.1) is 17.0 Å². The lowest BCUT2D eigenvalue weighted by Crippen LogP contribution is -2.46. The molecule has 104 valence electrons. The number of nitrogens with zero attached hydrogens (tertiary/aromatic N) is 1. The molecule has 1 rings (SSSR count). The van der Waals surface area contributed by atoms with Crippen molar-refractivity contribution in [1.29, 1.82) is 0 Å². The SMILES string of the molecule is CCN(CC1CCCO1)C(=O)C(C(N)=S)C(C)C. The second-order valence-electron chi connectivity index (χ2n) is 5.14. The van der Waals surface area contributed by atoms with Gasteiger partial charge >= 0.3 is 0 Å². The van der Waals surface area contributed by atoms with Gasteiger partial charge < -0.3 is 15.4 Å². The molecule has 0 aliphatic carbocycles. The molecule has 1 saturated heterocycles. The Labute approximate surface area is 115 Å². The largest absolute Gasteiger partial charge is 0.393 e. The topological polar surface area (TPSA) is 55.6 Å². The molecule has 1 aliphatic rings. The fourth-order valence-corrected chi connectivity index (χ4v) is 2.71. The smallest absolute Gasteiger partial charge is 0.232 e. The van der Waals surface area contributed by atoms with Crippen molar-refractivity contribution in [3.05, 3.63) is 0 Å². The number of carbonyl (C=O) groups excluding carboxylic acids is 1. The van der Waals surface area contributed by atoms with Crippen LogP contribution in [0.2, 0.25) is 0 Å². The van der Waals surface area contributed by atoms with E-state index in [2.05, 4.69) is 0 Å². The highest BCUT2D eigenvalue weighted by Gasteiger charge is 2.30. The molecule has 1 heterocycles. The summed E-state index contributed by atoms with van der Waals surface area (Å²) in [6.07, 6.45) is 2.29. The lowest BCUT2D eigenvalue weighted by atomic mass is 9.94. The zero-order chi connectivity index (χ0) is 13.7. The minimum atomic E-state index is -0.360. The van der Waals surface area contributed by atoms with Crippen LogP contribution in [-0.2, 0) is 9.53 Å². The van der Waals surface area contributed by atoms with Crippen LogP contribution in [0.25, 0.3) is 0 Å². The molecule has 0 spiro atoms. The second kappa shape index (κ2) is 7.04. The lowest BCUT2D eigenvalue weighted by Gasteiger charge is -2.29. The van der Waals surface area contributed by atoms with Gasteiger partial charge in [-0.3, -0.25) is 4.79 Å². The van der Waals surface area contributed by atoms with E-state index in [9.17, 15) is 4.79 Å². The van der Waals surface area contributed by atoms with Gasteiger partial charge in [0.15, 0.2) is 0 Å². The van der Waals surface area contributed by atoms with E-state index >= 15 is 0 Å². The first-order chi connectivity index (χ1) is 8.47. The number of carbonyl (C=O) groups is 1. The highest BCUT2D eigenvalue weighted by atomic mass is 32.1. The van der Waals surface area contributed by atoms with Crippen LogP contribution in [0.15, 0.2) is 0 Å². The summed E-state index contributed by atoms with van der Waals surface area (Å²) in [6.45, 7) is 8.05. The number of hydrogen-bond acceptors (Lipinski definition) is 3. The number of hydrogen-bond donors (Lipinski definition) is 1. The Hall–Kier alpha value is -0.680. The van der Waals surface area contributed by atoms with Crippen molar-refractivity contribution in [3.8, 4) is 0 Å². The maximum atomic E-state index is 12.4. The molecule has 0 aromatic rings. The predicted molar refractivity (Wildman–Crippen MR) is 76.3 cm³/mol. The van der Waals surface area contributed by atoms with Gasteiger partial charge in [-0.2, -0.15) is 0 Å². The molecule has 2 unspecified atom stereocenters.